The molecular weight excluding hydrogens is 587 g/mol. The SMILES string of the molecule is c1cc2c3c(c1)-n1cc(-c4cccc5ccccc45)c[n+]1C31c3c4c(cc5c6ccccc6n(c35)-c3cccc[n+]31)c1ccccc1n4-2. The van der Waals surface area contributed by atoms with Crippen LogP contribution < -0.4 is 9.25 Å². The smallest absolute Gasteiger partial charge is 0.307 e. The lowest BCUT2D eigenvalue weighted by Gasteiger charge is -2.32. The Bertz CT molecular complexity index is 3090. The van der Waals surface area contributed by atoms with Crippen LogP contribution in [0, 0.1) is 0 Å². The Labute approximate surface area is 274 Å². The molecule has 5 heteroatoms. The van der Waals surface area contributed by atoms with Crippen molar-refractivity contribution < 1.29 is 9.25 Å². The van der Waals surface area contributed by atoms with Gasteiger partial charge in [0, 0.05) is 27.6 Å². The number of nitrogens with zero attached hydrogens (tertiary/aromatic N) is 5. The lowest BCUT2D eigenvalue weighted by atomic mass is 9.82. The van der Waals surface area contributed by atoms with Crippen molar-refractivity contribution in [1.82, 2.24) is 13.8 Å². The first-order valence-electron chi connectivity index (χ1n) is 16.6. The third-order valence-electron chi connectivity index (χ3n) is 11.4. The molecule has 10 aromatic rings. The second-order valence-corrected chi connectivity index (χ2v) is 13.5. The Balaban J connectivity index is 1.31. The summed E-state index contributed by atoms with van der Waals surface area (Å²) in [6.45, 7) is 0. The van der Waals surface area contributed by atoms with Gasteiger partial charge in [0.15, 0.2) is 5.52 Å². The molecule has 0 amide bonds. The largest absolute Gasteiger partial charge is 0.394 e. The minimum Gasteiger partial charge on any atom is -0.307 e. The molecule has 13 rings (SSSR count). The van der Waals surface area contributed by atoms with Gasteiger partial charge in [0.05, 0.1) is 34.7 Å². The van der Waals surface area contributed by atoms with Gasteiger partial charge in [0.1, 0.15) is 22.3 Å². The normalized spacial score (nSPS) is 16.4. The Hall–Kier alpha value is -6.46. The molecular formula is C43H25N5+2. The molecule has 0 saturated carbocycles. The Morgan fingerprint density at radius 2 is 1.19 bits per heavy atom. The van der Waals surface area contributed by atoms with Crippen LogP contribution in [-0.4, -0.2) is 13.8 Å². The number of hydrogen-bond acceptors (Lipinski definition) is 0. The molecule has 3 aliphatic rings. The molecule has 0 aliphatic carbocycles. The zero-order valence-electron chi connectivity index (χ0n) is 25.7. The molecule has 48 heavy (non-hydrogen) atoms. The van der Waals surface area contributed by atoms with Gasteiger partial charge in [-0.05, 0) is 58.8 Å². The van der Waals surface area contributed by atoms with Crippen molar-refractivity contribution in [1.29, 1.82) is 0 Å². The molecule has 0 N–H and O–H groups in total. The summed E-state index contributed by atoms with van der Waals surface area (Å²) >= 11 is 0. The molecule has 4 aromatic heterocycles. The van der Waals surface area contributed by atoms with Crippen LogP contribution in [0.4, 0.5) is 0 Å². The van der Waals surface area contributed by atoms with Gasteiger partial charge in [0.2, 0.25) is 6.20 Å². The Morgan fingerprint density at radius 1 is 0.521 bits per heavy atom. The molecule has 1 spiro atoms. The molecule has 220 valence electrons. The molecule has 0 fully saturated rings. The molecule has 0 bridgehead atoms. The second kappa shape index (κ2) is 7.73. The number of rotatable bonds is 1. The molecule has 5 nitrogen and oxygen atoms in total. The van der Waals surface area contributed by atoms with Crippen molar-refractivity contribution in [3.8, 4) is 28.3 Å². The van der Waals surface area contributed by atoms with E-state index >= 15 is 0 Å². The van der Waals surface area contributed by atoms with Crippen molar-refractivity contribution in [2.24, 2.45) is 0 Å². The van der Waals surface area contributed by atoms with Crippen LogP contribution >= 0.6 is 0 Å². The van der Waals surface area contributed by atoms with E-state index in [9.17, 15) is 0 Å². The highest BCUT2D eigenvalue weighted by atomic mass is 15.5. The predicted molar refractivity (Wildman–Crippen MR) is 189 cm³/mol. The lowest BCUT2D eigenvalue weighted by Crippen LogP contribution is -2.76. The van der Waals surface area contributed by atoms with Crippen LogP contribution in [-0.2, 0) is 5.66 Å². The van der Waals surface area contributed by atoms with Gasteiger partial charge in [-0.25, -0.2) is 0 Å². The van der Waals surface area contributed by atoms with Crippen molar-refractivity contribution in [2.75, 3.05) is 0 Å². The van der Waals surface area contributed by atoms with Gasteiger partial charge in [-0.2, -0.15) is 9.13 Å². The maximum Gasteiger partial charge on any atom is 0.394 e. The number of aromatic nitrogens is 5. The first-order chi connectivity index (χ1) is 23.8. The summed E-state index contributed by atoms with van der Waals surface area (Å²) in [6.07, 6.45) is 7.04. The van der Waals surface area contributed by atoms with Crippen molar-refractivity contribution in [3.05, 3.63) is 163 Å². The highest BCUT2D eigenvalue weighted by Gasteiger charge is 2.68. The molecule has 0 radical (unpaired) electrons. The minimum absolute atomic E-state index is 0.655. The quantitative estimate of drug-likeness (QED) is 0.167. The van der Waals surface area contributed by atoms with Gasteiger partial charge in [-0.15, -0.1) is 4.68 Å². The predicted octanol–water partition coefficient (Wildman–Crippen LogP) is 8.30. The summed E-state index contributed by atoms with van der Waals surface area (Å²) in [5.41, 5.74) is 11.9. The summed E-state index contributed by atoms with van der Waals surface area (Å²) in [7, 11) is 0. The average Bonchev–Trinajstić information content (AvgIpc) is 3.89. The number of fused-ring (bicyclic) bond motifs is 12. The van der Waals surface area contributed by atoms with Crippen molar-refractivity contribution in [2.45, 2.75) is 5.66 Å². The summed E-state index contributed by atoms with van der Waals surface area (Å²) in [6, 6.07) is 49.2. The topological polar surface area (TPSA) is 22.5 Å². The summed E-state index contributed by atoms with van der Waals surface area (Å²) in [4.78, 5) is 0. The fourth-order valence-electron chi connectivity index (χ4n) is 9.72. The molecule has 3 aliphatic heterocycles. The highest BCUT2D eigenvalue weighted by molar-refractivity contribution is 6.22. The van der Waals surface area contributed by atoms with Crippen LogP contribution in [0.2, 0.25) is 0 Å². The zero-order chi connectivity index (χ0) is 30.9. The molecule has 7 heterocycles. The number of benzene rings is 6. The number of pyridine rings is 1. The van der Waals surface area contributed by atoms with E-state index in [2.05, 4.69) is 175 Å². The first-order valence-corrected chi connectivity index (χ1v) is 16.6. The number of para-hydroxylation sites is 2. The maximum atomic E-state index is 2.55. The lowest BCUT2D eigenvalue weighted by molar-refractivity contribution is -0.993. The zero-order valence-corrected chi connectivity index (χ0v) is 25.7. The van der Waals surface area contributed by atoms with Gasteiger partial charge >= 0.3 is 5.66 Å². The van der Waals surface area contributed by atoms with Gasteiger partial charge < -0.3 is 4.57 Å². The van der Waals surface area contributed by atoms with Gasteiger partial charge in [0.25, 0.3) is 5.82 Å². The molecule has 1 unspecified atom stereocenters. The Morgan fingerprint density at radius 3 is 2.04 bits per heavy atom. The monoisotopic (exact) mass is 611 g/mol. The summed E-state index contributed by atoms with van der Waals surface area (Å²) in [5.74, 6) is 1.16. The standard InChI is InChI=1S/C43H25N5/c1-2-13-28-26(11-1)12-9-16-29(28)27-24-45-36-19-10-20-37-39(36)43(46(45)25-27)40-41-32(30-14-3-5-17-34(30)47(37)41)23-33-31-15-4-6-18-35(31)48(42(33)40)38-21-7-8-22-44(38)43/h1-25H/q+2. The van der Waals surface area contributed by atoms with Crippen molar-refractivity contribution in [3.63, 3.8) is 0 Å². The fourth-order valence-corrected chi connectivity index (χ4v) is 9.72. The fraction of sp³-hybridized carbons (Fsp3) is 0.0233. The van der Waals surface area contributed by atoms with E-state index in [1.54, 1.807) is 0 Å². The van der Waals surface area contributed by atoms with E-state index in [4.69, 9.17) is 0 Å². The van der Waals surface area contributed by atoms with E-state index in [-0.39, 0.29) is 0 Å². The van der Waals surface area contributed by atoms with Crippen molar-refractivity contribution >= 4 is 54.4 Å². The summed E-state index contributed by atoms with van der Waals surface area (Å²) in [5, 5.41) is 7.68. The third kappa shape index (κ3) is 2.37. The van der Waals surface area contributed by atoms with Crippen LogP contribution in [0.25, 0.3) is 82.7 Å². The van der Waals surface area contributed by atoms with Crippen LogP contribution in [0.5, 0.6) is 0 Å². The maximum absolute atomic E-state index is 2.55. The van der Waals surface area contributed by atoms with Crippen LogP contribution in [0.3, 0.4) is 0 Å². The van der Waals surface area contributed by atoms with Gasteiger partial charge in [-0.3, -0.25) is 0 Å². The summed E-state index contributed by atoms with van der Waals surface area (Å²) < 4.78 is 12.5. The van der Waals surface area contributed by atoms with E-state index in [0.717, 1.165) is 5.82 Å². The van der Waals surface area contributed by atoms with Gasteiger partial charge in [-0.1, -0.05) is 89.6 Å². The number of hydrogen-bond donors (Lipinski definition) is 0. The van der Waals surface area contributed by atoms with E-state index < -0.39 is 5.66 Å². The Kier molecular flexibility index (Phi) is 3.84. The van der Waals surface area contributed by atoms with Crippen LogP contribution in [0.1, 0.15) is 11.1 Å². The average molecular weight is 612 g/mol. The highest BCUT2D eigenvalue weighted by Crippen LogP contribution is 2.54. The third-order valence-corrected chi connectivity index (χ3v) is 11.4. The van der Waals surface area contributed by atoms with E-state index in [1.807, 2.05) is 0 Å². The second-order valence-electron chi connectivity index (χ2n) is 13.5. The van der Waals surface area contributed by atoms with Crippen LogP contribution in [0.15, 0.2) is 152 Å². The molecule has 1 atom stereocenters. The van der Waals surface area contributed by atoms with E-state index in [1.165, 1.54) is 88.0 Å². The molecule has 0 saturated heterocycles. The molecule has 6 aromatic carbocycles. The first kappa shape index (κ1) is 23.8. The van der Waals surface area contributed by atoms with E-state index in [0.29, 0.717) is 0 Å². The minimum atomic E-state index is -0.655.